The molecule has 1 saturated carbocycles. The van der Waals surface area contributed by atoms with Crippen LogP contribution in [0.4, 0.5) is 0 Å². The van der Waals surface area contributed by atoms with Gasteiger partial charge in [0.15, 0.2) is 0 Å². The third-order valence-electron chi connectivity index (χ3n) is 2.55. The van der Waals surface area contributed by atoms with E-state index in [2.05, 4.69) is 13.8 Å². The Balaban J connectivity index is 2.25. The Labute approximate surface area is 58.7 Å². The zero-order chi connectivity index (χ0) is 6.69. The van der Waals surface area contributed by atoms with Crippen molar-refractivity contribution in [2.45, 2.75) is 46.0 Å². The third kappa shape index (κ3) is 2.38. The standard InChI is InChI=1S/C9H18/c1-8-4-3-5-9(2)7-6-8/h8-9H,3-7H2,1-2H3/t8-,9+. The first-order chi connectivity index (χ1) is 4.29. The number of rotatable bonds is 0. The normalized spacial score (nSPS) is 38.0. The molecule has 0 aromatic rings. The monoisotopic (exact) mass is 126 g/mol. The predicted octanol–water partition coefficient (Wildman–Crippen LogP) is 3.22. The van der Waals surface area contributed by atoms with Crippen LogP contribution in [-0.2, 0) is 0 Å². The van der Waals surface area contributed by atoms with E-state index >= 15 is 0 Å². The summed E-state index contributed by atoms with van der Waals surface area (Å²) in [4.78, 5) is 0. The molecule has 0 unspecified atom stereocenters. The zero-order valence-electron chi connectivity index (χ0n) is 6.69. The van der Waals surface area contributed by atoms with E-state index in [1.165, 1.54) is 32.1 Å². The molecule has 0 bridgehead atoms. The van der Waals surface area contributed by atoms with Gasteiger partial charge in [0.25, 0.3) is 0 Å². The second kappa shape index (κ2) is 3.24. The fraction of sp³-hybridized carbons (Fsp3) is 1.00. The summed E-state index contributed by atoms with van der Waals surface area (Å²) in [6, 6.07) is 0. The highest BCUT2D eigenvalue weighted by Gasteiger charge is 2.11. The molecule has 1 rings (SSSR count). The lowest BCUT2D eigenvalue weighted by atomic mass is 10.0. The van der Waals surface area contributed by atoms with E-state index in [0.717, 1.165) is 11.8 Å². The van der Waals surface area contributed by atoms with Crippen molar-refractivity contribution in [2.24, 2.45) is 11.8 Å². The lowest BCUT2D eigenvalue weighted by Gasteiger charge is -2.05. The highest BCUT2D eigenvalue weighted by molar-refractivity contribution is 4.64. The first-order valence-electron chi connectivity index (χ1n) is 4.29. The van der Waals surface area contributed by atoms with Crippen LogP contribution in [0.5, 0.6) is 0 Å². The molecule has 2 atom stereocenters. The largest absolute Gasteiger partial charge is 0.0625 e. The summed E-state index contributed by atoms with van der Waals surface area (Å²) in [6.45, 7) is 4.77. The smallest absolute Gasteiger partial charge is 0.0443 e. The molecular formula is C9H18. The van der Waals surface area contributed by atoms with Crippen LogP contribution in [0.25, 0.3) is 0 Å². The second-order valence-corrected chi connectivity index (χ2v) is 3.72. The van der Waals surface area contributed by atoms with Crippen LogP contribution in [0.15, 0.2) is 0 Å². The van der Waals surface area contributed by atoms with Crippen molar-refractivity contribution in [1.82, 2.24) is 0 Å². The van der Waals surface area contributed by atoms with Crippen LogP contribution in [-0.4, -0.2) is 0 Å². The zero-order valence-corrected chi connectivity index (χ0v) is 6.69. The Hall–Kier alpha value is 0. The van der Waals surface area contributed by atoms with Gasteiger partial charge in [-0.1, -0.05) is 46.0 Å². The first kappa shape index (κ1) is 7.11. The van der Waals surface area contributed by atoms with Crippen molar-refractivity contribution >= 4 is 0 Å². The molecule has 0 spiro atoms. The van der Waals surface area contributed by atoms with Crippen LogP contribution in [0.1, 0.15) is 46.0 Å². The minimum Gasteiger partial charge on any atom is -0.0625 e. The van der Waals surface area contributed by atoms with Gasteiger partial charge in [-0.3, -0.25) is 0 Å². The number of hydrogen-bond acceptors (Lipinski definition) is 0. The van der Waals surface area contributed by atoms with Gasteiger partial charge in [0.1, 0.15) is 0 Å². The van der Waals surface area contributed by atoms with Crippen LogP contribution in [0.2, 0.25) is 0 Å². The van der Waals surface area contributed by atoms with Gasteiger partial charge in [-0.25, -0.2) is 0 Å². The summed E-state index contributed by atoms with van der Waals surface area (Å²) in [5.41, 5.74) is 0. The van der Waals surface area contributed by atoms with Crippen molar-refractivity contribution in [3.63, 3.8) is 0 Å². The summed E-state index contributed by atoms with van der Waals surface area (Å²) in [5.74, 6) is 2.02. The molecule has 1 fully saturated rings. The Kier molecular flexibility index (Phi) is 2.56. The maximum absolute atomic E-state index is 2.39. The Morgan fingerprint density at radius 1 is 0.778 bits per heavy atom. The molecule has 1 aliphatic carbocycles. The van der Waals surface area contributed by atoms with Gasteiger partial charge in [-0.05, 0) is 11.8 Å². The molecule has 0 heterocycles. The second-order valence-electron chi connectivity index (χ2n) is 3.72. The highest BCUT2D eigenvalue weighted by Crippen LogP contribution is 2.25. The maximum Gasteiger partial charge on any atom is -0.0443 e. The third-order valence-corrected chi connectivity index (χ3v) is 2.55. The van der Waals surface area contributed by atoms with Gasteiger partial charge in [-0.15, -0.1) is 0 Å². The molecule has 0 heteroatoms. The molecule has 0 aromatic carbocycles. The van der Waals surface area contributed by atoms with Crippen molar-refractivity contribution in [2.75, 3.05) is 0 Å². The van der Waals surface area contributed by atoms with Gasteiger partial charge >= 0.3 is 0 Å². The molecule has 0 radical (unpaired) electrons. The van der Waals surface area contributed by atoms with Gasteiger partial charge in [0, 0.05) is 0 Å². The summed E-state index contributed by atoms with van der Waals surface area (Å²) in [7, 11) is 0. The lowest BCUT2D eigenvalue weighted by Crippen LogP contribution is -1.91. The van der Waals surface area contributed by atoms with Crippen LogP contribution in [0, 0.1) is 11.8 Å². The molecule has 0 nitrogen and oxygen atoms in total. The van der Waals surface area contributed by atoms with Crippen molar-refractivity contribution in [3.05, 3.63) is 0 Å². The molecule has 0 N–H and O–H groups in total. The first-order valence-corrected chi connectivity index (χ1v) is 4.29. The summed E-state index contributed by atoms with van der Waals surface area (Å²) < 4.78 is 0. The molecule has 0 aromatic heterocycles. The average molecular weight is 126 g/mol. The summed E-state index contributed by atoms with van der Waals surface area (Å²) in [5, 5.41) is 0. The maximum atomic E-state index is 2.39. The Morgan fingerprint density at radius 2 is 1.22 bits per heavy atom. The Morgan fingerprint density at radius 3 is 1.67 bits per heavy atom. The average Bonchev–Trinajstić information content (AvgIpc) is 1.97. The molecule has 0 saturated heterocycles. The van der Waals surface area contributed by atoms with E-state index in [-0.39, 0.29) is 0 Å². The molecule has 0 amide bonds. The van der Waals surface area contributed by atoms with E-state index in [0.29, 0.717) is 0 Å². The van der Waals surface area contributed by atoms with E-state index < -0.39 is 0 Å². The van der Waals surface area contributed by atoms with Crippen molar-refractivity contribution in [3.8, 4) is 0 Å². The van der Waals surface area contributed by atoms with E-state index in [4.69, 9.17) is 0 Å². The van der Waals surface area contributed by atoms with Gasteiger partial charge in [-0.2, -0.15) is 0 Å². The van der Waals surface area contributed by atoms with Crippen molar-refractivity contribution < 1.29 is 0 Å². The SMILES string of the molecule is C[C@@H]1CCC[C@H](C)CC1. The van der Waals surface area contributed by atoms with E-state index in [1.807, 2.05) is 0 Å². The van der Waals surface area contributed by atoms with E-state index in [1.54, 1.807) is 0 Å². The lowest BCUT2D eigenvalue weighted by molar-refractivity contribution is 0.476. The fourth-order valence-corrected chi connectivity index (χ4v) is 1.67. The van der Waals surface area contributed by atoms with Crippen molar-refractivity contribution in [1.29, 1.82) is 0 Å². The quantitative estimate of drug-likeness (QED) is 0.437. The van der Waals surface area contributed by atoms with Gasteiger partial charge < -0.3 is 0 Å². The Bertz CT molecular complexity index is 66.1. The van der Waals surface area contributed by atoms with Gasteiger partial charge in [0.2, 0.25) is 0 Å². The topological polar surface area (TPSA) is 0 Å². The minimum absolute atomic E-state index is 1.01. The fourth-order valence-electron chi connectivity index (χ4n) is 1.67. The summed E-state index contributed by atoms with van der Waals surface area (Å²) >= 11 is 0. The predicted molar refractivity (Wildman–Crippen MR) is 41.4 cm³/mol. The van der Waals surface area contributed by atoms with E-state index in [9.17, 15) is 0 Å². The molecule has 1 aliphatic rings. The molecule has 9 heavy (non-hydrogen) atoms. The molecular weight excluding hydrogens is 108 g/mol. The van der Waals surface area contributed by atoms with Crippen LogP contribution < -0.4 is 0 Å². The van der Waals surface area contributed by atoms with Crippen LogP contribution >= 0.6 is 0 Å². The molecule has 0 aliphatic heterocycles. The molecule has 54 valence electrons. The number of hydrogen-bond donors (Lipinski definition) is 0. The highest BCUT2D eigenvalue weighted by atomic mass is 14.2. The van der Waals surface area contributed by atoms with Gasteiger partial charge in [0.05, 0.1) is 0 Å². The van der Waals surface area contributed by atoms with Crippen LogP contribution in [0.3, 0.4) is 0 Å². The summed E-state index contributed by atoms with van der Waals surface area (Å²) in [6.07, 6.45) is 7.37. The minimum atomic E-state index is 1.01.